The van der Waals surface area contributed by atoms with Gasteiger partial charge in [-0.2, -0.15) is 8.42 Å². The molecule has 1 amide bonds. The van der Waals surface area contributed by atoms with E-state index < -0.39 is 32.7 Å². The zero-order valence-electron chi connectivity index (χ0n) is 10.7. The predicted molar refractivity (Wildman–Crippen MR) is 72.9 cm³/mol. The zero-order chi connectivity index (χ0) is 15.8. The molecule has 0 aromatic heterocycles. The third kappa shape index (κ3) is 3.27. The Labute approximate surface area is 119 Å². The number of nitrogens with zero attached hydrogens (tertiary/aromatic N) is 2. The zero-order valence-corrected chi connectivity index (χ0v) is 11.5. The van der Waals surface area contributed by atoms with Gasteiger partial charge in [0.05, 0.1) is 16.4 Å². The maximum Gasteiger partial charge on any atom is 0.302 e. The van der Waals surface area contributed by atoms with E-state index in [4.69, 9.17) is 5.73 Å². The first-order valence-electron chi connectivity index (χ1n) is 5.94. The lowest BCUT2D eigenvalue weighted by Crippen LogP contribution is -2.27. The van der Waals surface area contributed by atoms with Gasteiger partial charge in [-0.05, 0) is 6.07 Å². The van der Waals surface area contributed by atoms with Crippen LogP contribution in [-0.2, 0) is 15.0 Å². The number of para-hydroxylation sites is 1. The highest BCUT2D eigenvalue weighted by atomic mass is 32.3. The first-order valence-corrected chi connectivity index (χ1v) is 7.50. The molecule has 114 valence electrons. The standard InChI is InChI=1S/C11H12FN3O5S/c12-21(19,20)6-7-4-10(16)14(5-7)11-8(13)2-1-3-9(11)15(17)18/h1-3,7H,4-6,13H2. The number of amides is 1. The number of nitro benzene ring substituents is 1. The molecule has 0 spiro atoms. The first kappa shape index (κ1) is 15.2. The molecule has 21 heavy (non-hydrogen) atoms. The van der Waals surface area contributed by atoms with Gasteiger partial charge < -0.3 is 10.6 Å². The molecule has 2 rings (SSSR count). The van der Waals surface area contributed by atoms with Crippen LogP contribution in [-0.4, -0.2) is 31.5 Å². The van der Waals surface area contributed by atoms with E-state index in [9.17, 15) is 27.2 Å². The molecule has 0 bridgehead atoms. The number of carbonyl (C=O) groups is 1. The van der Waals surface area contributed by atoms with Gasteiger partial charge in [0.2, 0.25) is 5.91 Å². The molecule has 1 fully saturated rings. The number of benzene rings is 1. The van der Waals surface area contributed by atoms with Crippen LogP contribution in [0.5, 0.6) is 0 Å². The lowest BCUT2D eigenvalue weighted by atomic mass is 10.1. The van der Waals surface area contributed by atoms with Crippen LogP contribution in [0.2, 0.25) is 0 Å². The first-order chi connectivity index (χ1) is 9.69. The summed E-state index contributed by atoms with van der Waals surface area (Å²) in [5.41, 5.74) is 5.28. The second-order valence-corrected chi connectivity index (χ2v) is 6.16. The molecule has 0 saturated carbocycles. The van der Waals surface area contributed by atoms with Crippen LogP contribution < -0.4 is 10.6 Å². The fourth-order valence-electron chi connectivity index (χ4n) is 2.38. The van der Waals surface area contributed by atoms with Crippen LogP contribution in [0.4, 0.5) is 20.9 Å². The van der Waals surface area contributed by atoms with E-state index in [2.05, 4.69) is 0 Å². The Morgan fingerprint density at radius 3 is 2.71 bits per heavy atom. The Kier molecular flexibility index (Phi) is 3.81. The maximum absolute atomic E-state index is 12.7. The van der Waals surface area contributed by atoms with Gasteiger partial charge in [0.1, 0.15) is 5.69 Å². The number of nitrogens with two attached hydrogens (primary N) is 1. The van der Waals surface area contributed by atoms with E-state index in [1.807, 2.05) is 0 Å². The molecule has 1 unspecified atom stereocenters. The summed E-state index contributed by atoms with van der Waals surface area (Å²) in [4.78, 5) is 23.3. The summed E-state index contributed by atoms with van der Waals surface area (Å²) in [6.45, 7) is -0.128. The molecule has 0 aliphatic carbocycles. The topological polar surface area (TPSA) is 124 Å². The van der Waals surface area contributed by atoms with Crippen molar-refractivity contribution in [1.82, 2.24) is 0 Å². The Morgan fingerprint density at radius 1 is 1.48 bits per heavy atom. The summed E-state index contributed by atoms with van der Waals surface area (Å²) in [6, 6.07) is 3.97. The number of halogens is 1. The van der Waals surface area contributed by atoms with Crippen LogP contribution in [0, 0.1) is 16.0 Å². The quantitative estimate of drug-likeness (QED) is 0.379. The highest BCUT2D eigenvalue weighted by molar-refractivity contribution is 7.86. The van der Waals surface area contributed by atoms with Crippen LogP contribution >= 0.6 is 0 Å². The summed E-state index contributed by atoms with van der Waals surface area (Å²) in [7, 11) is -4.72. The third-order valence-corrected chi connectivity index (χ3v) is 4.02. The molecule has 1 aliphatic heterocycles. The van der Waals surface area contributed by atoms with Gasteiger partial charge in [0, 0.05) is 24.9 Å². The molecule has 1 atom stereocenters. The van der Waals surface area contributed by atoms with Crippen LogP contribution in [0.3, 0.4) is 0 Å². The van der Waals surface area contributed by atoms with E-state index >= 15 is 0 Å². The molecule has 10 heteroatoms. The number of hydrogen-bond donors (Lipinski definition) is 1. The highest BCUT2D eigenvalue weighted by Gasteiger charge is 2.37. The fourth-order valence-corrected chi connectivity index (χ4v) is 3.17. The van der Waals surface area contributed by atoms with Gasteiger partial charge in [0.15, 0.2) is 0 Å². The summed E-state index contributed by atoms with van der Waals surface area (Å²) in [5.74, 6) is -2.08. The van der Waals surface area contributed by atoms with E-state index in [1.165, 1.54) is 18.2 Å². The van der Waals surface area contributed by atoms with E-state index in [0.29, 0.717) is 0 Å². The van der Waals surface area contributed by atoms with Crippen molar-refractivity contribution in [1.29, 1.82) is 0 Å². The largest absolute Gasteiger partial charge is 0.397 e. The van der Waals surface area contributed by atoms with Gasteiger partial charge in [-0.25, -0.2) is 0 Å². The monoisotopic (exact) mass is 317 g/mol. The summed E-state index contributed by atoms with van der Waals surface area (Å²) < 4.78 is 34.0. The molecule has 1 saturated heterocycles. The van der Waals surface area contributed by atoms with Crippen molar-refractivity contribution < 1.29 is 22.0 Å². The van der Waals surface area contributed by atoms with Gasteiger partial charge in [-0.15, -0.1) is 3.89 Å². The summed E-state index contributed by atoms with van der Waals surface area (Å²) in [6.07, 6.45) is -0.200. The van der Waals surface area contributed by atoms with Crippen molar-refractivity contribution in [3.63, 3.8) is 0 Å². The Hall–Kier alpha value is -2.23. The third-order valence-electron chi connectivity index (χ3n) is 3.15. The summed E-state index contributed by atoms with van der Waals surface area (Å²) in [5, 5.41) is 11.0. The minimum atomic E-state index is -4.72. The lowest BCUT2D eigenvalue weighted by Gasteiger charge is -2.18. The Balaban J connectivity index is 2.36. The lowest BCUT2D eigenvalue weighted by molar-refractivity contribution is -0.384. The number of nitro groups is 1. The van der Waals surface area contributed by atoms with Gasteiger partial charge >= 0.3 is 10.2 Å². The molecular weight excluding hydrogens is 305 g/mol. The molecule has 1 aromatic carbocycles. The van der Waals surface area contributed by atoms with Gasteiger partial charge in [-0.1, -0.05) is 6.07 Å². The van der Waals surface area contributed by atoms with Crippen LogP contribution in [0.15, 0.2) is 18.2 Å². The number of hydrogen-bond acceptors (Lipinski definition) is 6. The predicted octanol–water partition coefficient (Wildman–Crippen LogP) is 0.829. The van der Waals surface area contributed by atoms with Crippen molar-refractivity contribution in [2.24, 2.45) is 5.92 Å². The van der Waals surface area contributed by atoms with Crippen molar-refractivity contribution >= 4 is 33.2 Å². The number of nitrogen functional groups attached to an aromatic ring is 1. The minimum Gasteiger partial charge on any atom is -0.397 e. The van der Waals surface area contributed by atoms with E-state index in [-0.39, 0.29) is 30.0 Å². The Morgan fingerprint density at radius 2 is 2.14 bits per heavy atom. The molecule has 2 N–H and O–H groups in total. The van der Waals surface area contributed by atoms with E-state index in [1.54, 1.807) is 0 Å². The van der Waals surface area contributed by atoms with Crippen LogP contribution in [0.25, 0.3) is 0 Å². The van der Waals surface area contributed by atoms with Crippen molar-refractivity contribution in [3.8, 4) is 0 Å². The van der Waals surface area contributed by atoms with Crippen molar-refractivity contribution in [3.05, 3.63) is 28.3 Å². The second kappa shape index (κ2) is 5.28. The molecule has 1 aromatic rings. The molecule has 1 aliphatic rings. The number of anilines is 2. The second-order valence-electron chi connectivity index (χ2n) is 4.75. The normalized spacial score (nSPS) is 19.0. The van der Waals surface area contributed by atoms with Gasteiger partial charge in [-0.3, -0.25) is 14.9 Å². The van der Waals surface area contributed by atoms with Crippen molar-refractivity contribution in [2.45, 2.75) is 6.42 Å². The van der Waals surface area contributed by atoms with Crippen molar-refractivity contribution in [2.75, 3.05) is 22.9 Å². The smallest absolute Gasteiger partial charge is 0.302 e. The minimum absolute atomic E-state index is 0.0290. The molecule has 1 heterocycles. The molecule has 8 nitrogen and oxygen atoms in total. The highest BCUT2D eigenvalue weighted by Crippen LogP contribution is 2.37. The maximum atomic E-state index is 12.7. The summed E-state index contributed by atoms with van der Waals surface area (Å²) >= 11 is 0. The number of carbonyl (C=O) groups excluding carboxylic acids is 1. The van der Waals surface area contributed by atoms with E-state index in [0.717, 1.165) is 4.90 Å². The molecular formula is C11H12FN3O5S. The average molecular weight is 317 g/mol. The van der Waals surface area contributed by atoms with Gasteiger partial charge in [0.25, 0.3) is 5.69 Å². The fraction of sp³-hybridized carbons (Fsp3) is 0.364. The van der Waals surface area contributed by atoms with Crippen LogP contribution in [0.1, 0.15) is 6.42 Å². The number of rotatable bonds is 4. The SMILES string of the molecule is Nc1cccc([N+](=O)[O-])c1N1CC(CS(=O)(=O)F)CC1=O. The molecule has 0 radical (unpaired) electrons. The Bertz CT molecular complexity index is 706. The average Bonchev–Trinajstić information content (AvgIpc) is 2.66.